The molecule has 7 heavy (non-hydrogen) atoms. The van der Waals surface area contributed by atoms with Gasteiger partial charge in [-0.25, -0.2) is 0 Å². The van der Waals surface area contributed by atoms with Crippen molar-refractivity contribution in [3.8, 4) is 0 Å². The van der Waals surface area contributed by atoms with E-state index in [1.165, 1.54) is 5.32 Å². The van der Waals surface area contributed by atoms with Crippen LogP contribution in [0, 0.1) is 0 Å². The van der Waals surface area contributed by atoms with Crippen LogP contribution in [0.2, 0.25) is 0 Å². The van der Waals surface area contributed by atoms with E-state index in [0.717, 1.165) is 0 Å². The summed E-state index contributed by atoms with van der Waals surface area (Å²) in [6.45, 7) is -4.20. The molecule has 0 aromatic rings. The Balaban J connectivity index is 3.56. The lowest BCUT2D eigenvalue weighted by Crippen LogP contribution is -2.25. The van der Waals surface area contributed by atoms with Crippen LogP contribution in [0.3, 0.4) is 0 Å². The largest absolute Gasteiger partial charge is 0.401 e. The maximum atomic E-state index is 11.3. The third-order valence-electron chi connectivity index (χ3n) is 0.289. The fourth-order valence-electron chi connectivity index (χ4n) is 0.100. The van der Waals surface area contributed by atoms with Gasteiger partial charge in [-0.1, -0.05) is 0 Å². The van der Waals surface area contributed by atoms with E-state index in [-0.39, 0.29) is 0 Å². The molecule has 0 saturated heterocycles. The molecule has 0 aromatic carbocycles. The van der Waals surface area contributed by atoms with Crippen LogP contribution < -0.4 is 5.32 Å². The molecule has 0 heterocycles. The van der Waals surface area contributed by atoms with Crippen molar-refractivity contribution in [1.29, 1.82) is 0 Å². The molecule has 0 radical (unpaired) electrons. The summed E-state index contributed by atoms with van der Waals surface area (Å²) in [7, 11) is 0. The van der Waals surface area contributed by atoms with E-state index >= 15 is 0 Å². The van der Waals surface area contributed by atoms with Gasteiger partial charge in [-0.15, -0.1) is 0 Å². The topological polar surface area (TPSA) is 12.0 Å². The van der Waals surface area contributed by atoms with Crippen molar-refractivity contribution in [2.24, 2.45) is 0 Å². The predicted molar refractivity (Wildman–Crippen MR) is 20.0 cm³/mol. The summed E-state index contributed by atoms with van der Waals surface area (Å²) < 4.78 is 52.8. The first-order valence-electron chi connectivity index (χ1n) is 3.02. The van der Waals surface area contributed by atoms with Crippen LogP contribution in [0.5, 0.6) is 0 Å². The highest BCUT2D eigenvalue weighted by molar-refractivity contribution is 4.49. The van der Waals surface area contributed by atoms with Gasteiger partial charge in [0, 0.05) is 4.11 Å². The van der Waals surface area contributed by atoms with Crippen molar-refractivity contribution in [3.05, 3.63) is 0 Å². The normalized spacial score (nSPS) is 20.1. The molecule has 0 saturated carbocycles. The summed E-state index contributed by atoms with van der Waals surface area (Å²) >= 11 is 0. The molecule has 0 amide bonds. The van der Waals surface area contributed by atoms with Gasteiger partial charge >= 0.3 is 6.18 Å². The second-order valence-electron chi connectivity index (χ2n) is 0.969. The quantitative estimate of drug-likeness (QED) is 0.533. The van der Waals surface area contributed by atoms with Gasteiger partial charge in [-0.2, -0.15) is 13.2 Å². The Kier molecular flexibility index (Phi) is 0.899. The Morgan fingerprint density at radius 2 is 2.29 bits per heavy atom. The van der Waals surface area contributed by atoms with Crippen LogP contribution in [0.4, 0.5) is 13.2 Å². The van der Waals surface area contributed by atoms with E-state index in [2.05, 4.69) is 0 Å². The first kappa shape index (κ1) is 2.91. The molecule has 0 spiro atoms. The monoisotopic (exact) mass is 116 g/mol. The third-order valence-corrected chi connectivity index (χ3v) is 0.289. The lowest BCUT2D eigenvalue weighted by Gasteiger charge is -2.01. The Hall–Kier alpha value is -0.250. The average Bonchev–Trinajstić information content (AvgIpc) is 1.57. The molecular formula is C3H6F3N. The summed E-state index contributed by atoms with van der Waals surface area (Å²) in [5, 5.41) is 1.34. The molecule has 0 aliphatic carbocycles. The minimum Gasteiger partial charge on any atom is -0.312 e. The van der Waals surface area contributed by atoms with Gasteiger partial charge in [0.25, 0.3) is 0 Å². The van der Waals surface area contributed by atoms with Crippen LogP contribution in [0.1, 0.15) is 4.11 Å². The maximum absolute atomic E-state index is 11.3. The second kappa shape index (κ2) is 2.16. The molecule has 0 aromatic heterocycles. The fourth-order valence-corrected chi connectivity index (χ4v) is 0.100. The van der Waals surface area contributed by atoms with E-state index in [0.29, 0.717) is 0 Å². The standard InChI is InChI=1S/C3H6F3N/c1-7-2-3(4,5)6/h7H,2H2,1H3/i1D3. The summed E-state index contributed by atoms with van der Waals surface area (Å²) in [5.41, 5.74) is 0. The lowest BCUT2D eigenvalue weighted by atomic mass is 10.6. The van der Waals surface area contributed by atoms with Crippen LogP contribution in [-0.2, 0) is 0 Å². The zero-order valence-electron chi connectivity index (χ0n) is 6.34. The number of hydrogen-bond donors (Lipinski definition) is 1. The molecule has 1 N–H and O–H groups in total. The van der Waals surface area contributed by atoms with E-state index in [4.69, 9.17) is 4.11 Å². The number of alkyl halides is 3. The second-order valence-corrected chi connectivity index (χ2v) is 0.969. The highest BCUT2D eigenvalue weighted by Crippen LogP contribution is 2.11. The summed E-state index contributed by atoms with van der Waals surface area (Å²) in [4.78, 5) is 0. The molecule has 0 atom stereocenters. The van der Waals surface area contributed by atoms with Gasteiger partial charge in [0.05, 0.1) is 6.54 Å². The minimum atomic E-state index is -4.46. The van der Waals surface area contributed by atoms with Gasteiger partial charge < -0.3 is 5.32 Å². The van der Waals surface area contributed by atoms with Gasteiger partial charge in [-0.05, 0) is 6.98 Å². The molecule has 0 fully saturated rings. The van der Waals surface area contributed by atoms with Crippen molar-refractivity contribution in [3.63, 3.8) is 0 Å². The van der Waals surface area contributed by atoms with Gasteiger partial charge in [0.15, 0.2) is 0 Å². The van der Waals surface area contributed by atoms with Gasteiger partial charge in [0.2, 0.25) is 0 Å². The predicted octanol–water partition coefficient (Wildman–Crippen LogP) is 0.768. The average molecular weight is 116 g/mol. The van der Waals surface area contributed by atoms with Crippen molar-refractivity contribution in [2.75, 3.05) is 13.5 Å². The zero-order valence-corrected chi connectivity index (χ0v) is 3.34. The molecular weight excluding hydrogens is 107 g/mol. The van der Waals surface area contributed by atoms with Crippen molar-refractivity contribution < 1.29 is 17.3 Å². The number of nitrogens with one attached hydrogen (secondary N) is 1. The maximum Gasteiger partial charge on any atom is 0.401 e. The minimum absolute atomic E-state index is 1.34. The lowest BCUT2D eigenvalue weighted by molar-refractivity contribution is -0.123. The van der Waals surface area contributed by atoms with E-state index in [1.807, 2.05) is 0 Å². The van der Waals surface area contributed by atoms with Crippen molar-refractivity contribution in [1.82, 2.24) is 5.32 Å². The summed E-state index contributed by atoms with van der Waals surface area (Å²) in [5.74, 6) is 0. The molecule has 0 bridgehead atoms. The SMILES string of the molecule is [2H]C([2H])([2H])NCC(F)(F)F. The first-order chi connectivity index (χ1) is 4.21. The molecule has 0 aliphatic heterocycles. The van der Waals surface area contributed by atoms with E-state index in [9.17, 15) is 13.2 Å². The Morgan fingerprint density at radius 1 is 1.71 bits per heavy atom. The third kappa shape index (κ3) is 5.75. The Bertz CT molecular complexity index is 92.5. The van der Waals surface area contributed by atoms with Crippen LogP contribution in [-0.4, -0.2) is 19.7 Å². The molecule has 1 nitrogen and oxygen atoms in total. The molecule has 4 heteroatoms. The van der Waals surface area contributed by atoms with Crippen molar-refractivity contribution >= 4 is 0 Å². The van der Waals surface area contributed by atoms with Crippen LogP contribution >= 0.6 is 0 Å². The fraction of sp³-hybridized carbons (Fsp3) is 1.00. The number of halogens is 3. The molecule has 0 rings (SSSR count). The Labute approximate surface area is 43.7 Å². The number of rotatable bonds is 1. The highest BCUT2D eigenvalue weighted by Gasteiger charge is 2.24. The van der Waals surface area contributed by atoms with Crippen LogP contribution in [0.15, 0.2) is 0 Å². The summed E-state index contributed by atoms with van der Waals surface area (Å²) in [6.07, 6.45) is -4.46. The molecule has 0 aliphatic rings. The van der Waals surface area contributed by atoms with Crippen molar-refractivity contribution in [2.45, 2.75) is 6.18 Å². The highest BCUT2D eigenvalue weighted by atomic mass is 19.4. The number of hydrogen-bond acceptors (Lipinski definition) is 1. The molecule has 0 unspecified atom stereocenters. The van der Waals surface area contributed by atoms with E-state index in [1.54, 1.807) is 0 Å². The Morgan fingerprint density at radius 3 is 2.43 bits per heavy atom. The first-order valence-corrected chi connectivity index (χ1v) is 1.52. The van der Waals surface area contributed by atoms with E-state index < -0.39 is 19.7 Å². The van der Waals surface area contributed by atoms with Gasteiger partial charge in [-0.3, -0.25) is 0 Å². The molecule has 44 valence electrons. The smallest absolute Gasteiger partial charge is 0.312 e. The van der Waals surface area contributed by atoms with Crippen LogP contribution in [0.25, 0.3) is 0 Å². The van der Waals surface area contributed by atoms with Gasteiger partial charge in [0.1, 0.15) is 0 Å². The zero-order chi connectivity index (χ0) is 8.41. The summed E-state index contributed by atoms with van der Waals surface area (Å²) in [6, 6.07) is 0.